The summed E-state index contributed by atoms with van der Waals surface area (Å²) < 4.78 is 0. The molecule has 3 nitrogen and oxygen atoms in total. The summed E-state index contributed by atoms with van der Waals surface area (Å²) in [7, 11) is 0. The molecule has 0 radical (unpaired) electrons. The van der Waals surface area contributed by atoms with Crippen molar-refractivity contribution in [3.63, 3.8) is 0 Å². The molecule has 0 saturated heterocycles. The maximum Gasteiger partial charge on any atom is 0.330 e. The van der Waals surface area contributed by atoms with Crippen LogP contribution < -0.4 is 0 Å². The molecule has 16 heavy (non-hydrogen) atoms. The smallest absolute Gasteiger partial charge is 0.330 e. The molecule has 3 heteroatoms. The van der Waals surface area contributed by atoms with Gasteiger partial charge in [0.1, 0.15) is 0 Å². The fourth-order valence-corrected chi connectivity index (χ4v) is 1.66. The van der Waals surface area contributed by atoms with Gasteiger partial charge < -0.3 is 10.2 Å². The van der Waals surface area contributed by atoms with Gasteiger partial charge in [-0.1, -0.05) is 39.2 Å². The molecule has 0 aromatic rings. The van der Waals surface area contributed by atoms with Gasteiger partial charge in [0.2, 0.25) is 0 Å². The lowest BCUT2D eigenvalue weighted by molar-refractivity contribution is -0.132. The number of hydrogen-bond donors (Lipinski definition) is 2. The zero-order valence-corrected chi connectivity index (χ0v) is 10.2. The highest BCUT2D eigenvalue weighted by Gasteiger charge is 2.04. The van der Waals surface area contributed by atoms with Gasteiger partial charge in [-0.25, -0.2) is 4.79 Å². The van der Waals surface area contributed by atoms with Gasteiger partial charge in [-0.3, -0.25) is 0 Å². The van der Waals surface area contributed by atoms with Crippen LogP contribution in [-0.2, 0) is 4.79 Å². The Morgan fingerprint density at radius 2 is 1.81 bits per heavy atom. The number of aliphatic hydroxyl groups excluding tert-OH is 1. The Morgan fingerprint density at radius 3 is 2.38 bits per heavy atom. The van der Waals surface area contributed by atoms with Crippen molar-refractivity contribution in [2.45, 2.75) is 64.4 Å². The summed E-state index contributed by atoms with van der Waals surface area (Å²) in [6, 6.07) is 0. The molecule has 0 bridgehead atoms. The van der Waals surface area contributed by atoms with E-state index in [1.165, 1.54) is 0 Å². The van der Waals surface area contributed by atoms with Crippen LogP contribution in [0, 0.1) is 0 Å². The van der Waals surface area contributed by atoms with Gasteiger partial charge in [0.05, 0.1) is 6.10 Å². The highest BCUT2D eigenvalue weighted by molar-refractivity contribution is 5.85. The van der Waals surface area contributed by atoms with Gasteiger partial charge in [-0.2, -0.15) is 0 Å². The van der Waals surface area contributed by atoms with Crippen molar-refractivity contribution in [3.05, 3.63) is 12.2 Å². The molecule has 0 amide bonds. The molecule has 0 spiro atoms. The van der Waals surface area contributed by atoms with E-state index in [9.17, 15) is 9.90 Å². The summed E-state index contributed by atoms with van der Waals surface area (Å²) in [6.07, 6.45) is 7.20. The molecule has 0 rings (SSSR count). The predicted molar refractivity (Wildman–Crippen MR) is 65.4 cm³/mol. The first-order chi connectivity index (χ1) is 7.57. The third kappa shape index (κ3) is 8.48. The van der Waals surface area contributed by atoms with Crippen LogP contribution in [0.15, 0.2) is 12.2 Å². The summed E-state index contributed by atoms with van der Waals surface area (Å²) in [5.74, 6) is -0.890. The zero-order valence-electron chi connectivity index (χ0n) is 10.2. The fourth-order valence-electron chi connectivity index (χ4n) is 1.66. The van der Waals surface area contributed by atoms with Crippen LogP contribution in [0.5, 0.6) is 0 Å². The minimum absolute atomic E-state index is 0.154. The van der Waals surface area contributed by atoms with E-state index in [1.54, 1.807) is 0 Å². The van der Waals surface area contributed by atoms with E-state index in [1.807, 2.05) is 0 Å². The lowest BCUT2D eigenvalue weighted by Gasteiger charge is -2.08. The average molecular weight is 228 g/mol. The summed E-state index contributed by atoms with van der Waals surface area (Å²) >= 11 is 0. The van der Waals surface area contributed by atoms with Gasteiger partial charge in [0.15, 0.2) is 0 Å². The number of carboxylic acids is 1. The Balaban J connectivity index is 3.27. The normalized spacial score (nSPS) is 12.4. The van der Waals surface area contributed by atoms with Crippen molar-refractivity contribution in [2.24, 2.45) is 0 Å². The number of carboxylic acid groups (broad SMARTS) is 1. The third-order valence-electron chi connectivity index (χ3n) is 2.69. The molecule has 1 unspecified atom stereocenters. The predicted octanol–water partition coefficient (Wildman–Crippen LogP) is 3.13. The van der Waals surface area contributed by atoms with Crippen molar-refractivity contribution in [1.82, 2.24) is 0 Å². The Bertz CT molecular complexity index is 211. The van der Waals surface area contributed by atoms with Gasteiger partial charge in [-0.05, 0) is 25.7 Å². The second kappa shape index (κ2) is 9.40. The Hall–Kier alpha value is -0.830. The number of aliphatic carboxylic acids is 1. The molecular weight excluding hydrogens is 204 g/mol. The second-order valence-electron chi connectivity index (χ2n) is 4.30. The number of unbranched alkanes of at least 4 members (excludes halogenated alkanes) is 3. The molecule has 0 aromatic carbocycles. The Labute approximate surface area is 98.2 Å². The molecular formula is C13H24O3. The summed E-state index contributed by atoms with van der Waals surface area (Å²) in [5, 5.41) is 18.1. The number of aliphatic hydroxyl groups is 1. The molecule has 1 atom stereocenters. The monoisotopic (exact) mass is 228 g/mol. The van der Waals surface area contributed by atoms with Gasteiger partial charge >= 0.3 is 5.97 Å². The Morgan fingerprint density at radius 1 is 1.19 bits per heavy atom. The lowest BCUT2D eigenvalue weighted by atomic mass is 10.0. The molecule has 0 aliphatic heterocycles. The molecule has 0 aliphatic rings. The first-order valence-corrected chi connectivity index (χ1v) is 6.17. The van der Waals surface area contributed by atoms with Gasteiger partial charge in [0, 0.05) is 5.57 Å². The van der Waals surface area contributed by atoms with Gasteiger partial charge in [-0.15, -0.1) is 0 Å². The van der Waals surface area contributed by atoms with Crippen molar-refractivity contribution in [2.75, 3.05) is 0 Å². The van der Waals surface area contributed by atoms with Crippen LogP contribution in [0.3, 0.4) is 0 Å². The lowest BCUT2D eigenvalue weighted by Crippen LogP contribution is -2.05. The van der Waals surface area contributed by atoms with E-state index >= 15 is 0 Å². The van der Waals surface area contributed by atoms with Crippen LogP contribution in [0.2, 0.25) is 0 Å². The average Bonchev–Trinajstić information content (AvgIpc) is 2.23. The SMILES string of the molecule is C=C(CCCCCCC(O)CCC)C(=O)O. The van der Waals surface area contributed by atoms with Crippen molar-refractivity contribution in [3.8, 4) is 0 Å². The van der Waals surface area contributed by atoms with E-state index in [4.69, 9.17) is 5.11 Å². The number of hydrogen-bond acceptors (Lipinski definition) is 2. The first-order valence-electron chi connectivity index (χ1n) is 6.17. The molecule has 0 heterocycles. The molecule has 0 aliphatic carbocycles. The van der Waals surface area contributed by atoms with E-state index < -0.39 is 5.97 Å². The van der Waals surface area contributed by atoms with Crippen LogP contribution in [0.25, 0.3) is 0 Å². The van der Waals surface area contributed by atoms with E-state index in [-0.39, 0.29) is 6.10 Å². The Kier molecular flexibility index (Phi) is 8.91. The molecule has 0 aromatic heterocycles. The van der Waals surface area contributed by atoms with E-state index in [0.717, 1.165) is 44.9 Å². The summed E-state index contributed by atoms with van der Waals surface area (Å²) in [6.45, 7) is 5.56. The fraction of sp³-hybridized carbons (Fsp3) is 0.769. The molecule has 0 saturated carbocycles. The first kappa shape index (κ1) is 15.2. The largest absolute Gasteiger partial charge is 0.478 e. The second-order valence-corrected chi connectivity index (χ2v) is 4.30. The summed E-state index contributed by atoms with van der Waals surface area (Å²) in [4.78, 5) is 10.4. The van der Waals surface area contributed by atoms with Crippen molar-refractivity contribution >= 4 is 5.97 Å². The highest BCUT2D eigenvalue weighted by Crippen LogP contribution is 2.12. The van der Waals surface area contributed by atoms with Crippen LogP contribution in [-0.4, -0.2) is 22.3 Å². The highest BCUT2D eigenvalue weighted by atomic mass is 16.4. The minimum Gasteiger partial charge on any atom is -0.478 e. The van der Waals surface area contributed by atoms with Crippen molar-refractivity contribution < 1.29 is 15.0 Å². The van der Waals surface area contributed by atoms with E-state index in [0.29, 0.717) is 12.0 Å². The van der Waals surface area contributed by atoms with E-state index in [2.05, 4.69) is 13.5 Å². The van der Waals surface area contributed by atoms with Crippen LogP contribution in [0.4, 0.5) is 0 Å². The topological polar surface area (TPSA) is 57.5 Å². The maximum absolute atomic E-state index is 10.4. The van der Waals surface area contributed by atoms with Crippen LogP contribution >= 0.6 is 0 Å². The third-order valence-corrected chi connectivity index (χ3v) is 2.69. The molecule has 94 valence electrons. The quantitative estimate of drug-likeness (QED) is 0.446. The minimum atomic E-state index is -0.890. The maximum atomic E-state index is 10.4. The molecule has 2 N–H and O–H groups in total. The standard InChI is InChI=1S/C13H24O3/c1-3-8-12(14)10-7-5-4-6-9-11(2)13(15)16/h12,14H,2-10H2,1H3,(H,15,16). The summed E-state index contributed by atoms with van der Waals surface area (Å²) in [5.41, 5.74) is 0.297. The number of carbonyl (C=O) groups is 1. The van der Waals surface area contributed by atoms with Crippen molar-refractivity contribution in [1.29, 1.82) is 0 Å². The van der Waals surface area contributed by atoms with Crippen LogP contribution in [0.1, 0.15) is 58.3 Å². The molecule has 0 fully saturated rings. The number of rotatable bonds is 10. The van der Waals surface area contributed by atoms with Gasteiger partial charge in [0.25, 0.3) is 0 Å². The zero-order chi connectivity index (χ0) is 12.4.